The van der Waals surface area contributed by atoms with E-state index < -0.39 is 11.7 Å². The molecule has 0 saturated carbocycles. The summed E-state index contributed by atoms with van der Waals surface area (Å²) in [5.41, 5.74) is -0.621. The van der Waals surface area contributed by atoms with Crippen LogP contribution in [0.4, 0.5) is 4.79 Å². The second kappa shape index (κ2) is 6.28. The topological polar surface area (TPSA) is 35.5 Å². The van der Waals surface area contributed by atoms with E-state index in [1.54, 1.807) is 6.92 Å². The first-order chi connectivity index (χ1) is 5.16. The molecule has 0 fully saturated rings. The number of hydrogen-bond donors (Lipinski definition) is 0. The Morgan fingerprint density at radius 2 is 2.27 bits per heavy atom. The van der Waals surface area contributed by atoms with Crippen molar-refractivity contribution < 1.29 is 14.3 Å². The number of unbranched alkanes of at least 4 members (excludes halogenated alkanes) is 1. The van der Waals surface area contributed by atoms with Gasteiger partial charge < -0.3 is 9.47 Å². The van der Waals surface area contributed by atoms with Crippen LogP contribution in [0.25, 0.3) is 0 Å². The maximum absolute atomic E-state index is 10.6. The molecule has 0 rings (SSSR count). The summed E-state index contributed by atoms with van der Waals surface area (Å²) in [7, 11) is 0. The standard InChI is InChI=1S/C7H13ClO3/c1-3-4-5-10-7(9)11-6(2)8/h6H,3-5H2,1-2H3/t6-/m0/s1. The van der Waals surface area contributed by atoms with Crippen LogP contribution in [0.3, 0.4) is 0 Å². The molecular formula is C7H13ClO3. The minimum atomic E-state index is -0.694. The Morgan fingerprint density at radius 1 is 1.64 bits per heavy atom. The maximum atomic E-state index is 10.6. The Balaban J connectivity index is 3.23. The van der Waals surface area contributed by atoms with Crippen molar-refractivity contribution >= 4 is 17.8 Å². The summed E-state index contributed by atoms with van der Waals surface area (Å²) in [6.45, 7) is 3.97. The van der Waals surface area contributed by atoms with E-state index >= 15 is 0 Å². The molecule has 0 heterocycles. The van der Waals surface area contributed by atoms with Crippen molar-refractivity contribution in [1.29, 1.82) is 0 Å². The third kappa shape index (κ3) is 7.46. The Hall–Kier alpha value is -0.440. The minimum absolute atomic E-state index is 0.402. The molecule has 0 aliphatic rings. The molecule has 0 aromatic carbocycles. The molecule has 1 atom stereocenters. The van der Waals surface area contributed by atoms with Crippen LogP contribution in [-0.2, 0) is 9.47 Å². The molecule has 0 amide bonds. The zero-order valence-electron chi connectivity index (χ0n) is 6.80. The lowest BCUT2D eigenvalue weighted by Crippen LogP contribution is -2.11. The van der Waals surface area contributed by atoms with Crippen LogP contribution in [0.15, 0.2) is 0 Å². The molecule has 0 saturated heterocycles. The number of carbonyl (C=O) groups excluding carboxylic acids is 1. The van der Waals surface area contributed by atoms with E-state index in [9.17, 15) is 4.79 Å². The molecule has 0 aromatic rings. The first-order valence-corrected chi connectivity index (χ1v) is 4.08. The summed E-state index contributed by atoms with van der Waals surface area (Å²) in [4.78, 5) is 10.6. The van der Waals surface area contributed by atoms with Gasteiger partial charge in [-0.3, -0.25) is 0 Å². The van der Waals surface area contributed by atoms with Crippen LogP contribution >= 0.6 is 11.6 Å². The zero-order chi connectivity index (χ0) is 8.69. The van der Waals surface area contributed by atoms with Crippen molar-refractivity contribution in [3.63, 3.8) is 0 Å². The molecule has 0 N–H and O–H groups in total. The van der Waals surface area contributed by atoms with Crippen molar-refractivity contribution in [1.82, 2.24) is 0 Å². The quantitative estimate of drug-likeness (QED) is 0.379. The highest BCUT2D eigenvalue weighted by atomic mass is 35.5. The van der Waals surface area contributed by atoms with Crippen molar-refractivity contribution in [3.8, 4) is 0 Å². The molecule has 3 nitrogen and oxygen atoms in total. The van der Waals surface area contributed by atoms with Crippen molar-refractivity contribution in [2.24, 2.45) is 0 Å². The highest BCUT2D eigenvalue weighted by Crippen LogP contribution is 1.99. The highest BCUT2D eigenvalue weighted by molar-refractivity contribution is 6.19. The summed E-state index contributed by atoms with van der Waals surface area (Å²) >= 11 is 5.36. The fourth-order valence-electron chi connectivity index (χ4n) is 0.466. The van der Waals surface area contributed by atoms with Gasteiger partial charge >= 0.3 is 6.16 Å². The van der Waals surface area contributed by atoms with Gasteiger partial charge in [0.15, 0.2) is 5.56 Å². The maximum Gasteiger partial charge on any atom is 0.509 e. The van der Waals surface area contributed by atoms with E-state index in [4.69, 9.17) is 11.6 Å². The number of carbonyl (C=O) groups is 1. The van der Waals surface area contributed by atoms with Gasteiger partial charge in [0.1, 0.15) is 0 Å². The van der Waals surface area contributed by atoms with Gasteiger partial charge in [-0.2, -0.15) is 0 Å². The summed E-state index contributed by atoms with van der Waals surface area (Å²) in [5, 5.41) is 0. The molecule has 0 radical (unpaired) electrons. The summed E-state index contributed by atoms with van der Waals surface area (Å²) in [5.74, 6) is 0. The van der Waals surface area contributed by atoms with E-state index in [2.05, 4.69) is 9.47 Å². The Morgan fingerprint density at radius 3 is 2.73 bits per heavy atom. The summed E-state index contributed by atoms with van der Waals surface area (Å²) < 4.78 is 9.15. The van der Waals surface area contributed by atoms with E-state index in [-0.39, 0.29) is 0 Å². The summed E-state index contributed by atoms with van der Waals surface area (Å²) in [6.07, 6.45) is 1.15. The smallest absolute Gasteiger partial charge is 0.434 e. The third-order valence-electron chi connectivity index (χ3n) is 0.976. The van der Waals surface area contributed by atoms with Gasteiger partial charge in [-0.05, 0) is 13.3 Å². The van der Waals surface area contributed by atoms with E-state index in [1.807, 2.05) is 6.92 Å². The van der Waals surface area contributed by atoms with Gasteiger partial charge in [0, 0.05) is 0 Å². The molecular weight excluding hydrogens is 168 g/mol. The van der Waals surface area contributed by atoms with E-state index in [1.165, 1.54) is 0 Å². The third-order valence-corrected chi connectivity index (χ3v) is 1.07. The van der Waals surface area contributed by atoms with Gasteiger partial charge in [-0.15, -0.1) is 0 Å². The zero-order valence-corrected chi connectivity index (χ0v) is 7.56. The normalized spacial score (nSPS) is 12.3. The first-order valence-electron chi connectivity index (χ1n) is 3.64. The fraction of sp³-hybridized carbons (Fsp3) is 0.857. The second-order valence-electron chi connectivity index (χ2n) is 2.11. The molecule has 66 valence electrons. The van der Waals surface area contributed by atoms with Crippen LogP contribution in [0.1, 0.15) is 26.7 Å². The predicted octanol–water partition coefficient (Wildman–Crippen LogP) is 2.52. The van der Waals surface area contributed by atoms with E-state index in [0.29, 0.717) is 6.61 Å². The van der Waals surface area contributed by atoms with E-state index in [0.717, 1.165) is 12.8 Å². The van der Waals surface area contributed by atoms with Gasteiger partial charge in [0.25, 0.3) is 0 Å². The molecule has 0 unspecified atom stereocenters. The average molecular weight is 181 g/mol. The first kappa shape index (κ1) is 10.6. The largest absolute Gasteiger partial charge is 0.509 e. The highest BCUT2D eigenvalue weighted by Gasteiger charge is 2.05. The molecule has 0 bridgehead atoms. The van der Waals surface area contributed by atoms with Crippen LogP contribution in [0.2, 0.25) is 0 Å². The Labute approximate surface area is 71.6 Å². The Bertz CT molecular complexity index is 114. The lowest BCUT2D eigenvalue weighted by molar-refractivity contribution is 0.0489. The SMILES string of the molecule is CCCCOC(=O)O[C@@H](C)Cl. The van der Waals surface area contributed by atoms with Crippen molar-refractivity contribution in [2.75, 3.05) is 6.61 Å². The lowest BCUT2D eigenvalue weighted by Gasteiger charge is -2.05. The van der Waals surface area contributed by atoms with Gasteiger partial charge in [-0.1, -0.05) is 24.9 Å². The lowest BCUT2D eigenvalue weighted by atomic mass is 10.4. The molecule has 0 aliphatic carbocycles. The predicted molar refractivity (Wildman–Crippen MR) is 42.7 cm³/mol. The molecule has 0 aliphatic heterocycles. The van der Waals surface area contributed by atoms with Crippen molar-refractivity contribution in [2.45, 2.75) is 32.3 Å². The fourth-order valence-corrected chi connectivity index (χ4v) is 0.539. The molecule has 0 spiro atoms. The molecule has 4 heteroatoms. The molecule has 11 heavy (non-hydrogen) atoms. The van der Waals surface area contributed by atoms with Crippen LogP contribution in [0.5, 0.6) is 0 Å². The monoisotopic (exact) mass is 180 g/mol. The van der Waals surface area contributed by atoms with Gasteiger partial charge in [-0.25, -0.2) is 4.79 Å². The van der Waals surface area contributed by atoms with Crippen LogP contribution < -0.4 is 0 Å². The minimum Gasteiger partial charge on any atom is -0.434 e. The second-order valence-corrected chi connectivity index (χ2v) is 2.73. The molecule has 0 aromatic heterocycles. The number of ether oxygens (including phenoxy) is 2. The van der Waals surface area contributed by atoms with Gasteiger partial charge in [0.05, 0.1) is 6.61 Å². The summed E-state index contributed by atoms with van der Waals surface area (Å²) in [6, 6.07) is 0. The average Bonchev–Trinajstić information content (AvgIpc) is 1.86. The Kier molecular flexibility index (Phi) is 6.03. The number of alkyl halides is 1. The van der Waals surface area contributed by atoms with Gasteiger partial charge in [0.2, 0.25) is 0 Å². The number of hydrogen-bond acceptors (Lipinski definition) is 3. The number of rotatable bonds is 4. The van der Waals surface area contributed by atoms with Crippen LogP contribution in [-0.4, -0.2) is 18.3 Å². The van der Waals surface area contributed by atoms with Crippen molar-refractivity contribution in [3.05, 3.63) is 0 Å². The number of halogens is 1. The van der Waals surface area contributed by atoms with Crippen LogP contribution in [0, 0.1) is 0 Å².